The quantitative estimate of drug-likeness (QED) is 0.502. The molecule has 1 aliphatic rings. The van der Waals surface area contributed by atoms with E-state index in [-0.39, 0.29) is 51.0 Å². The van der Waals surface area contributed by atoms with Crippen LogP contribution < -0.4 is 24.8 Å². The summed E-state index contributed by atoms with van der Waals surface area (Å²) in [5.41, 5.74) is 1.57. The molecule has 0 aliphatic heterocycles. The third-order valence-corrected chi connectivity index (χ3v) is 2.77. The molecule has 0 heterocycles. The van der Waals surface area contributed by atoms with Crippen molar-refractivity contribution in [3.05, 3.63) is 29.8 Å². The molecule has 1 aromatic rings. The van der Waals surface area contributed by atoms with Crippen LogP contribution in [0.1, 0.15) is 43.6 Å². The predicted octanol–water partition coefficient (Wildman–Crippen LogP) is -2.54. The Morgan fingerprint density at radius 3 is 1.86 bits per heavy atom. The summed E-state index contributed by atoms with van der Waals surface area (Å²) >= 11 is 0. The molecule has 3 heteroatoms. The first-order chi connectivity index (χ1) is 5.47. The SMILES string of the molecule is [Cl-].[Cl-].[Zr+3].c1cc[c-](C2CCCCC2)c1. The zero-order chi connectivity index (χ0) is 7.52. The Hall–Kier alpha value is 0.813. The summed E-state index contributed by atoms with van der Waals surface area (Å²) in [6, 6.07) is 8.86. The molecule has 2 rings (SSSR count). The maximum absolute atomic E-state index is 2.27. The van der Waals surface area contributed by atoms with Crippen molar-refractivity contribution in [3.63, 3.8) is 0 Å². The van der Waals surface area contributed by atoms with Gasteiger partial charge in [0.15, 0.2) is 0 Å². The fraction of sp³-hybridized carbons (Fsp3) is 0.545. The molecule has 0 bridgehead atoms. The van der Waals surface area contributed by atoms with Crippen LogP contribution in [0.15, 0.2) is 24.3 Å². The normalized spacial score (nSPS) is 16.0. The second-order valence-electron chi connectivity index (χ2n) is 3.55. The van der Waals surface area contributed by atoms with Gasteiger partial charge in [0, 0.05) is 0 Å². The molecule has 1 aliphatic carbocycles. The average molecular weight is 309 g/mol. The molecule has 1 aromatic carbocycles. The van der Waals surface area contributed by atoms with Gasteiger partial charge in [-0.05, 0) is 0 Å². The Kier molecular flexibility index (Phi) is 11.2. The van der Waals surface area contributed by atoms with Crippen LogP contribution >= 0.6 is 0 Å². The van der Waals surface area contributed by atoms with Crippen LogP contribution in [0.25, 0.3) is 0 Å². The van der Waals surface area contributed by atoms with Gasteiger partial charge in [0.05, 0.1) is 0 Å². The Morgan fingerprint density at radius 1 is 0.857 bits per heavy atom. The van der Waals surface area contributed by atoms with Crippen molar-refractivity contribution in [2.75, 3.05) is 0 Å². The van der Waals surface area contributed by atoms with E-state index in [0.29, 0.717) is 0 Å². The van der Waals surface area contributed by atoms with Gasteiger partial charge in [-0.3, -0.25) is 0 Å². The molecule has 77 valence electrons. The van der Waals surface area contributed by atoms with Gasteiger partial charge in [0.1, 0.15) is 0 Å². The van der Waals surface area contributed by atoms with Gasteiger partial charge in [-0.15, -0.1) is 0 Å². The van der Waals surface area contributed by atoms with Crippen molar-refractivity contribution in [3.8, 4) is 0 Å². The summed E-state index contributed by atoms with van der Waals surface area (Å²) in [5.74, 6) is 0.888. The third-order valence-electron chi connectivity index (χ3n) is 2.77. The minimum atomic E-state index is 0. The number of halogens is 2. The largest absolute Gasteiger partial charge is 3.00 e. The van der Waals surface area contributed by atoms with Gasteiger partial charge < -0.3 is 24.8 Å². The summed E-state index contributed by atoms with van der Waals surface area (Å²) in [6.45, 7) is 0. The van der Waals surface area contributed by atoms with E-state index in [2.05, 4.69) is 24.3 Å². The molecular weight excluding hydrogens is 294 g/mol. The number of hydrogen-bond donors (Lipinski definition) is 0. The molecule has 0 N–H and O–H groups in total. The van der Waals surface area contributed by atoms with Crippen LogP contribution in [0.4, 0.5) is 0 Å². The van der Waals surface area contributed by atoms with E-state index in [1.165, 1.54) is 32.1 Å². The van der Waals surface area contributed by atoms with Gasteiger partial charge in [-0.2, -0.15) is 17.7 Å². The van der Waals surface area contributed by atoms with Crippen molar-refractivity contribution in [2.24, 2.45) is 0 Å². The second kappa shape index (κ2) is 9.07. The van der Waals surface area contributed by atoms with Crippen molar-refractivity contribution in [1.82, 2.24) is 0 Å². The van der Waals surface area contributed by atoms with Crippen LogP contribution in [0.3, 0.4) is 0 Å². The Morgan fingerprint density at radius 2 is 1.36 bits per heavy atom. The first-order valence-corrected chi connectivity index (χ1v) is 4.68. The fourth-order valence-electron chi connectivity index (χ4n) is 2.10. The summed E-state index contributed by atoms with van der Waals surface area (Å²) < 4.78 is 0. The van der Waals surface area contributed by atoms with E-state index in [1.807, 2.05) is 0 Å². The van der Waals surface area contributed by atoms with E-state index < -0.39 is 0 Å². The number of rotatable bonds is 1. The van der Waals surface area contributed by atoms with Crippen molar-refractivity contribution < 1.29 is 51.0 Å². The first kappa shape index (κ1) is 17.2. The molecule has 1 fully saturated rings. The summed E-state index contributed by atoms with van der Waals surface area (Å²) in [7, 11) is 0. The van der Waals surface area contributed by atoms with E-state index in [0.717, 1.165) is 5.92 Å². The zero-order valence-electron chi connectivity index (χ0n) is 8.18. The third kappa shape index (κ3) is 4.55. The maximum atomic E-state index is 2.27. The first-order valence-electron chi connectivity index (χ1n) is 4.68. The minimum absolute atomic E-state index is 0. The molecule has 0 amide bonds. The zero-order valence-corrected chi connectivity index (χ0v) is 12.1. The van der Waals surface area contributed by atoms with Gasteiger partial charge in [0.2, 0.25) is 0 Å². The van der Waals surface area contributed by atoms with E-state index in [9.17, 15) is 0 Å². The van der Waals surface area contributed by atoms with Crippen LogP contribution in [-0.4, -0.2) is 0 Å². The molecule has 1 saturated carbocycles. The topological polar surface area (TPSA) is 0 Å². The molecule has 0 saturated heterocycles. The maximum Gasteiger partial charge on any atom is 3.00 e. The molecule has 0 unspecified atom stereocenters. The standard InChI is InChI=1S/C11H15.2ClH.Zr/c1-2-6-10(7-3-1)11-8-4-5-9-11;;;/h4-5,8-10H,1-3,6-7H2;2*1H;/q-1;;;+3/p-2. The molecular formula is C11H15Cl2Zr. The Labute approximate surface area is 118 Å². The molecule has 0 aromatic heterocycles. The van der Waals surface area contributed by atoms with Gasteiger partial charge >= 0.3 is 26.2 Å². The molecule has 0 nitrogen and oxygen atoms in total. The molecule has 1 radical (unpaired) electrons. The van der Waals surface area contributed by atoms with Crippen molar-refractivity contribution in [1.29, 1.82) is 0 Å². The summed E-state index contributed by atoms with van der Waals surface area (Å²) in [4.78, 5) is 0. The van der Waals surface area contributed by atoms with Gasteiger partial charge in [-0.1, -0.05) is 38.0 Å². The van der Waals surface area contributed by atoms with Crippen molar-refractivity contribution in [2.45, 2.75) is 38.0 Å². The smallest absolute Gasteiger partial charge is 1.00 e. The second-order valence-corrected chi connectivity index (χ2v) is 3.55. The summed E-state index contributed by atoms with van der Waals surface area (Å²) in [6.07, 6.45) is 7.18. The molecule has 14 heavy (non-hydrogen) atoms. The van der Waals surface area contributed by atoms with E-state index in [1.54, 1.807) is 5.56 Å². The molecule has 0 atom stereocenters. The van der Waals surface area contributed by atoms with E-state index >= 15 is 0 Å². The molecule has 0 spiro atoms. The summed E-state index contributed by atoms with van der Waals surface area (Å²) in [5, 5.41) is 0. The van der Waals surface area contributed by atoms with E-state index in [4.69, 9.17) is 0 Å². The van der Waals surface area contributed by atoms with Crippen LogP contribution in [0.2, 0.25) is 0 Å². The Bertz CT molecular complexity index is 203. The predicted molar refractivity (Wildman–Crippen MR) is 47.9 cm³/mol. The Balaban J connectivity index is 0. The van der Waals surface area contributed by atoms with Crippen LogP contribution in [-0.2, 0) is 26.2 Å². The fourth-order valence-corrected chi connectivity index (χ4v) is 2.10. The van der Waals surface area contributed by atoms with Gasteiger partial charge in [0.25, 0.3) is 0 Å². The average Bonchev–Trinajstić information content (AvgIpc) is 2.58. The monoisotopic (exact) mass is 307 g/mol. The van der Waals surface area contributed by atoms with Crippen LogP contribution in [0.5, 0.6) is 0 Å². The number of hydrogen-bond acceptors (Lipinski definition) is 0. The van der Waals surface area contributed by atoms with Crippen LogP contribution in [0, 0.1) is 0 Å². The minimum Gasteiger partial charge on any atom is -1.00 e. The van der Waals surface area contributed by atoms with Gasteiger partial charge in [-0.25, -0.2) is 12.1 Å². The van der Waals surface area contributed by atoms with Crippen molar-refractivity contribution >= 4 is 0 Å².